The summed E-state index contributed by atoms with van der Waals surface area (Å²) in [6.45, 7) is 0.910. The summed E-state index contributed by atoms with van der Waals surface area (Å²) in [5, 5.41) is 7.43. The van der Waals surface area contributed by atoms with Gasteiger partial charge in [0, 0.05) is 5.02 Å². The molecule has 1 aliphatic rings. The number of hydrogen-bond donors (Lipinski definition) is 2. The van der Waals surface area contributed by atoms with Crippen molar-refractivity contribution < 1.29 is 4.79 Å². The second-order valence-electron chi connectivity index (χ2n) is 4.62. The van der Waals surface area contributed by atoms with Crippen molar-refractivity contribution >= 4 is 44.2 Å². The van der Waals surface area contributed by atoms with Gasteiger partial charge in [-0.25, -0.2) is 4.98 Å². The van der Waals surface area contributed by atoms with Gasteiger partial charge in [0.2, 0.25) is 5.91 Å². The van der Waals surface area contributed by atoms with Crippen LogP contribution < -0.4 is 10.6 Å². The maximum absolute atomic E-state index is 12.1. The zero-order chi connectivity index (χ0) is 13.2. The van der Waals surface area contributed by atoms with Crippen molar-refractivity contribution in [1.29, 1.82) is 0 Å². The zero-order valence-electron chi connectivity index (χ0n) is 10.3. The third-order valence-electron chi connectivity index (χ3n) is 3.21. The topological polar surface area (TPSA) is 54.0 Å². The van der Waals surface area contributed by atoms with Crippen LogP contribution in [0.1, 0.15) is 19.3 Å². The van der Waals surface area contributed by atoms with Gasteiger partial charge in [0.1, 0.15) is 0 Å². The molecule has 2 aromatic rings. The van der Waals surface area contributed by atoms with E-state index in [1.165, 1.54) is 11.3 Å². The lowest BCUT2D eigenvalue weighted by Crippen LogP contribution is -2.43. The average Bonchev–Trinajstić information content (AvgIpc) is 2.81. The van der Waals surface area contributed by atoms with Crippen LogP contribution in [-0.4, -0.2) is 23.5 Å². The predicted molar refractivity (Wildman–Crippen MR) is 78.9 cm³/mol. The highest BCUT2D eigenvalue weighted by Crippen LogP contribution is 2.28. The van der Waals surface area contributed by atoms with Crippen molar-refractivity contribution in [3.05, 3.63) is 23.2 Å². The van der Waals surface area contributed by atoms with E-state index in [2.05, 4.69) is 15.6 Å². The molecule has 0 bridgehead atoms. The number of anilines is 1. The molecule has 2 N–H and O–H groups in total. The van der Waals surface area contributed by atoms with E-state index in [0.29, 0.717) is 10.2 Å². The highest BCUT2D eigenvalue weighted by Gasteiger charge is 2.21. The first-order valence-electron chi connectivity index (χ1n) is 6.33. The van der Waals surface area contributed by atoms with Gasteiger partial charge in [0.25, 0.3) is 0 Å². The van der Waals surface area contributed by atoms with E-state index in [9.17, 15) is 4.79 Å². The van der Waals surface area contributed by atoms with Gasteiger partial charge < -0.3 is 10.6 Å². The Kier molecular flexibility index (Phi) is 3.68. The second kappa shape index (κ2) is 5.45. The van der Waals surface area contributed by atoms with Crippen molar-refractivity contribution in [2.24, 2.45) is 0 Å². The van der Waals surface area contributed by atoms with Gasteiger partial charge in [0.15, 0.2) is 5.13 Å². The fourth-order valence-electron chi connectivity index (χ4n) is 2.22. The van der Waals surface area contributed by atoms with Crippen molar-refractivity contribution in [3.63, 3.8) is 0 Å². The normalized spacial score (nSPS) is 19.5. The second-order valence-corrected chi connectivity index (χ2v) is 6.09. The quantitative estimate of drug-likeness (QED) is 0.895. The standard InChI is InChI=1S/C13H14ClN3OS/c14-8-4-5-9-11(7-8)19-13(16-9)17-12(18)10-3-1-2-6-15-10/h4-5,7,10,15H,1-3,6H2,(H,16,17,18). The molecule has 2 heterocycles. The fourth-order valence-corrected chi connectivity index (χ4v) is 3.36. The third-order valence-corrected chi connectivity index (χ3v) is 4.38. The van der Waals surface area contributed by atoms with Crippen LogP contribution in [0.3, 0.4) is 0 Å². The van der Waals surface area contributed by atoms with Gasteiger partial charge in [-0.05, 0) is 37.6 Å². The molecule has 3 rings (SSSR count). The molecule has 19 heavy (non-hydrogen) atoms. The van der Waals surface area contributed by atoms with Crippen LogP contribution in [0, 0.1) is 0 Å². The molecule has 100 valence electrons. The first-order chi connectivity index (χ1) is 9.22. The molecule has 0 radical (unpaired) electrons. The van der Waals surface area contributed by atoms with Gasteiger partial charge in [-0.15, -0.1) is 0 Å². The Morgan fingerprint density at radius 2 is 2.37 bits per heavy atom. The molecule has 1 aromatic heterocycles. The Labute approximate surface area is 120 Å². The summed E-state index contributed by atoms with van der Waals surface area (Å²) in [4.78, 5) is 16.5. The number of piperidine rings is 1. The molecule has 1 saturated heterocycles. The van der Waals surface area contributed by atoms with Gasteiger partial charge >= 0.3 is 0 Å². The summed E-state index contributed by atoms with van der Waals surface area (Å²) in [6, 6.07) is 5.44. The number of carbonyl (C=O) groups excluding carboxylic acids is 1. The van der Waals surface area contributed by atoms with Crippen molar-refractivity contribution in [3.8, 4) is 0 Å². The Bertz CT molecular complexity index is 607. The number of amides is 1. The molecule has 1 aromatic carbocycles. The molecule has 4 nitrogen and oxygen atoms in total. The number of rotatable bonds is 2. The van der Waals surface area contributed by atoms with E-state index in [4.69, 9.17) is 11.6 Å². The molecule has 1 unspecified atom stereocenters. The van der Waals surface area contributed by atoms with Crippen LogP contribution in [-0.2, 0) is 4.79 Å². The number of hydrogen-bond acceptors (Lipinski definition) is 4. The molecule has 1 aliphatic heterocycles. The summed E-state index contributed by atoms with van der Waals surface area (Å²) in [7, 11) is 0. The van der Waals surface area contributed by atoms with Gasteiger partial charge in [-0.2, -0.15) is 0 Å². The molecule has 0 saturated carbocycles. The van der Waals surface area contributed by atoms with Crippen LogP contribution in [0.25, 0.3) is 10.2 Å². The summed E-state index contributed by atoms with van der Waals surface area (Å²) >= 11 is 7.39. The summed E-state index contributed by atoms with van der Waals surface area (Å²) in [6.07, 6.45) is 3.13. The fraction of sp³-hybridized carbons (Fsp3) is 0.385. The Morgan fingerprint density at radius 3 is 3.16 bits per heavy atom. The van der Waals surface area contributed by atoms with Crippen LogP contribution in [0.2, 0.25) is 5.02 Å². The Balaban J connectivity index is 1.75. The number of carbonyl (C=O) groups is 1. The number of aromatic nitrogens is 1. The zero-order valence-corrected chi connectivity index (χ0v) is 11.9. The van der Waals surface area contributed by atoms with Crippen molar-refractivity contribution in [2.75, 3.05) is 11.9 Å². The number of thiazole rings is 1. The van der Waals surface area contributed by atoms with E-state index in [0.717, 1.165) is 36.0 Å². The average molecular weight is 296 g/mol. The number of nitrogens with one attached hydrogen (secondary N) is 2. The molecular formula is C13H14ClN3OS. The summed E-state index contributed by atoms with van der Waals surface area (Å²) < 4.78 is 0.986. The maximum Gasteiger partial charge on any atom is 0.243 e. The predicted octanol–water partition coefficient (Wildman–Crippen LogP) is 3.03. The first kappa shape index (κ1) is 12.8. The molecular weight excluding hydrogens is 282 g/mol. The van der Waals surface area contributed by atoms with E-state index < -0.39 is 0 Å². The highest BCUT2D eigenvalue weighted by atomic mass is 35.5. The Hall–Kier alpha value is -1.17. The molecule has 6 heteroatoms. The SMILES string of the molecule is O=C(Nc1nc2ccc(Cl)cc2s1)C1CCCCN1. The molecule has 1 fully saturated rings. The maximum atomic E-state index is 12.1. The van der Waals surface area contributed by atoms with Gasteiger partial charge in [-0.3, -0.25) is 4.79 Å². The van der Waals surface area contributed by atoms with Gasteiger partial charge in [-0.1, -0.05) is 29.4 Å². The van der Waals surface area contributed by atoms with E-state index in [-0.39, 0.29) is 11.9 Å². The smallest absolute Gasteiger partial charge is 0.243 e. The molecule has 0 spiro atoms. The summed E-state index contributed by atoms with van der Waals surface area (Å²) in [5.41, 5.74) is 0.862. The molecule has 0 aliphatic carbocycles. The highest BCUT2D eigenvalue weighted by molar-refractivity contribution is 7.22. The van der Waals surface area contributed by atoms with Crippen LogP contribution in [0.15, 0.2) is 18.2 Å². The largest absolute Gasteiger partial charge is 0.306 e. The first-order valence-corrected chi connectivity index (χ1v) is 7.52. The number of fused-ring (bicyclic) bond motifs is 1. The number of nitrogens with zero attached hydrogens (tertiary/aromatic N) is 1. The lowest BCUT2D eigenvalue weighted by Gasteiger charge is -2.21. The van der Waals surface area contributed by atoms with E-state index in [1.54, 1.807) is 6.07 Å². The van der Waals surface area contributed by atoms with E-state index in [1.807, 2.05) is 12.1 Å². The minimum atomic E-state index is -0.0932. The molecule has 1 atom stereocenters. The van der Waals surface area contributed by atoms with Crippen LogP contribution >= 0.6 is 22.9 Å². The van der Waals surface area contributed by atoms with Crippen LogP contribution in [0.4, 0.5) is 5.13 Å². The van der Waals surface area contributed by atoms with Crippen LogP contribution in [0.5, 0.6) is 0 Å². The number of halogens is 1. The molecule has 1 amide bonds. The Morgan fingerprint density at radius 1 is 1.47 bits per heavy atom. The summed E-state index contributed by atoms with van der Waals surface area (Å²) in [5.74, 6) is 0.00449. The third kappa shape index (κ3) is 2.88. The minimum absolute atomic E-state index is 0.00449. The lowest BCUT2D eigenvalue weighted by atomic mass is 10.0. The monoisotopic (exact) mass is 295 g/mol. The van der Waals surface area contributed by atoms with Gasteiger partial charge in [0.05, 0.1) is 16.3 Å². The number of benzene rings is 1. The van der Waals surface area contributed by atoms with Crippen molar-refractivity contribution in [1.82, 2.24) is 10.3 Å². The van der Waals surface area contributed by atoms with Crippen molar-refractivity contribution in [2.45, 2.75) is 25.3 Å². The van der Waals surface area contributed by atoms with E-state index >= 15 is 0 Å². The lowest BCUT2D eigenvalue weighted by molar-refractivity contribution is -0.118. The minimum Gasteiger partial charge on any atom is -0.306 e.